The molecule has 1 fully saturated rings. The highest BCUT2D eigenvalue weighted by Gasteiger charge is 2.30. The van der Waals surface area contributed by atoms with Gasteiger partial charge in [-0.15, -0.1) is 0 Å². The molecule has 1 nitrogen and oxygen atoms in total. The summed E-state index contributed by atoms with van der Waals surface area (Å²) in [6.45, 7) is 1.94. The van der Waals surface area contributed by atoms with Crippen LogP contribution in [0.4, 0.5) is 13.2 Å². The SMILES string of the molecule is FC(F)(F)c1cccc(CC2CCCCNC2)c1. The van der Waals surface area contributed by atoms with Crippen LogP contribution in [0.25, 0.3) is 0 Å². The van der Waals surface area contributed by atoms with Crippen LogP contribution in [0.2, 0.25) is 0 Å². The lowest BCUT2D eigenvalue weighted by atomic mass is 9.94. The molecule has 0 bridgehead atoms. The van der Waals surface area contributed by atoms with Crippen molar-refractivity contribution in [3.8, 4) is 0 Å². The smallest absolute Gasteiger partial charge is 0.316 e. The Balaban J connectivity index is 2.04. The van der Waals surface area contributed by atoms with Crippen LogP contribution in [0.3, 0.4) is 0 Å². The molecule has 0 radical (unpaired) electrons. The molecule has 1 saturated heterocycles. The van der Waals surface area contributed by atoms with E-state index in [2.05, 4.69) is 5.32 Å². The van der Waals surface area contributed by atoms with Gasteiger partial charge in [0.1, 0.15) is 0 Å². The minimum absolute atomic E-state index is 0.455. The molecule has 100 valence electrons. The maximum absolute atomic E-state index is 12.6. The molecule has 0 aliphatic carbocycles. The first-order valence-corrected chi connectivity index (χ1v) is 6.42. The number of nitrogens with one attached hydrogen (secondary N) is 1. The standard InChI is InChI=1S/C14H18F3N/c15-14(16,17)13-6-3-5-11(9-13)8-12-4-1-2-7-18-10-12/h3,5-6,9,12,18H,1-2,4,7-8,10H2. The first-order valence-electron chi connectivity index (χ1n) is 6.42. The quantitative estimate of drug-likeness (QED) is 0.853. The summed E-state index contributed by atoms with van der Waals surface area (Å²) in [5.74, 6) is 0.455. The van der Waals surface area contributed by atoms with E-state index in [1.54, 1.807) is 6.07 Å². The predicted octanol–water partition coefficient (Wildman–Crippen LogP) is 3.64. The Morgan fingerprint density at radius 1 is 1.22 bits per heavy atom. The van der Waals surface area contributed by atoms with E-state index in [1.165, 1.54) is 18.6 Å². The van der Waals surface area contributed by atoms with Crippen molar-refractivity contribution in [2.45, 2.75) is 31.9 Å². The highest BCUT2D eigenvalue weighted by molar-refractivity contribution is 5.26. The third-order valence-corrected chi connectivity index (χ3v) is 3.43. The highest BCUT2D eigenvalue weighted by atomic mass is 19.4. The van der Waals surface area contributed by atoms with Crippen molar-refractivity contribution in [3.63, 3.8) is 0 Å². The molecule has 0 spiro atoms. The van der Waals surface area contributed by atoms with Crippen LogP contribution in [0, 0.1) is 5.92 Å². The molecular formula is C14H18F3N. The molecule has 1 unspecified atom stereocenters. The minimum atomic E-state index is -4.24. The predicted molar refractivity (Wildman–Crippen MR) is 65.4 cm³/mol. The van der Waals surface area contributed by atoms with Crippen LogP contribution in [-0.2, 0) is 12.6 Å². The molecule has 2 rings (SSSR count). The number of rotatable bonds is 2. The zero-order valence-corrected chi connectivity index (χ0v) is 10.3. The lowest BCUT2D eigenvalue weighted by Crippen LogP contribution is -2.22. The molecule has 18 heavy (non-hydrogen) atoms. The van der Waals surface area contributed by atoms with E-state index in [4.69, 9.17) is 0 Å². The summed E-state index contributed by atoms with van der Waals surface area (Å²) >= 11 is 0. The zero-order valence-electron chi connectivity index (χ0n) is 10.3. The van der Waals surface area contributed by atoms with Crippen molar-refractivity contribution >= 4 is 0 Å². The molecular weight excluding hydrogens is 239 g/mol. The minimum Gasteiger partial charge on any atom is -0.316 e. The Morgan fingerprint density at radius 3 is 2.83 bits per heavy atom. The van der Waals surface area contributed by atoms with Gasteiger partial charge in [-0.2, -0.15) is 13.2 Å². The molecule has 1 aromatic rings. The number of hydrogen-bond acceptors (Lipinski definition) is 1. The van der Waals surface area contributed by atoms with Crippen molar-refractivity contribution in [3.05, 3.63) is 35.4 Å². The molecule has 1 aliphatic heterocycles. The molecule has 1 heterocycles. The van der Waals surface area contributed by atoms with Gasteiger partial charge in [-0.05, 0) is 49.9 Å². The fraction of sp³-hybridized carbons (Fsp3) is 0.571. The molecule has 1 N–H and O–H groups in total. The average Bonchev–Trinajstić information content (AvgIpc) is 2.57. The van der Waals surface area contributed by atoms with Crippen molar-refractivity contribution in [1.82, 2.24) is 5.32 Å². The van der Waals surface area contributed by atoms with Crippen LogP contribution in [0.1, 0.15) is 30.4 Å². The summed E-state index contributed by atoms with van der Waals surface area (Å²) in [7, 11) is 0. The van der Waals surface area contributed by atoms with Crippen molar-refractivity contribution in [1.29, 1.82) is 0 Å². The van der Waals surface area contributed by atoms with Gasteiger partial charge < -0.3 is 5.32 Å². The largest absolute Gasteiger partial charge is 0.416 e. The van der Waals surface area contributed by atoms with Gasteiger partial charge in [0, 0.05) is 0 Å². The van der Waals surface area contributed by atoms with Crippen molar-refractivity contribution in [2.24, 2.45) is 5.92 Å². The molecule has 1 aliphatic rings. The van der Waals surface area contributed by atoms with E-state index in [0.29, 0.717) is 5.92 Å². The van der Waals surface area contributed by atoms with Gasteiger partial charge in [0.15, 0.2) is 0 Å². The Kier molecular flexibility index (Phi) is 4.27. The Bertz CT molecular complexity index is 379. The first kappa shape index (κ1) is 13.4. The van der Waals surface area contributed by atoms with E-state index >= 15 is 0 Å². The Labute approximate surface area is 105 Å². The number of alkyl halides is 3. The summed E-state index contributed by atoms with van der Waals surface area (Å²) in [6, 6.07) is 5.71. The topological polar surface area (TPSA) is 12.0 Å². The van der Waals surface area contributed by atoms with Crippen LogP contribution < -0.4 is 5.32 Å². The van der Waals surface area contributed by atoms with Gasteiger partial charge in [-0.3, -0.25) is 0 Å². The fourth-order valence-electron chi connectivity index (χ4n) is 2.47. The van der Waals surface area contributed by atoms with Gasteiger partial charge in [0.25, 0.3) is 0 Å². The maximum Gasteiger partial charge on any atom is 0.416 e. The van der Waals surface area contributed by atoms with Gasteiger partial charge in [-0.25, -0.2) is 0 Å². The zero-order chi connectivity index (χ0) is 13.0. The molecule has 0 amide bonds. The van der Waals surface area contributed by atoms with E-state index in [0.717, 1.165) is 44.0 Å². The van der Waals surface area contributed by atoms with Crippen LogP contribution in [0.15, 0.2) is 24.3 Å². The first-order chi connectivity index (χ1) is 8.55. The molecule has 1 aromatic carbocycles. The van der Waals surface area contributed by atoms with E-state index in [9.17, 15) is 13.2 Å². The van der Waals surface area contributed by atoms with Crippen molar-refractivity contribution in [2.75, 3.05) is 13.1 Å². The van der Waals surface area contributed by atoms with Gasteiger partial charge in [-0.1, -0.05) is 24.6 Å². The second-order valence-corrected chi connectivity index (χ2v) is 4.97. The molecule has 4 heteroatoms. The highest BCUT2D eigenvalue weighted by Crippen LogP contribution is 2.30. The van der Waals surface area contributed by atoms with Crippen LogP contribution in [-0.4, -0.2) is 13.1 Å². The summed E-state index contributed by atoms with van der Waals surface area (Å²) < 4.78 is 37.8. The van der Waals surface area contributed by atoms with Gasteiger partial charge in [0.05, 0.1) is 5.56 Å². The number of benzene rings is 1. The van der Waals surface area contributed by atoms with E-state index in [1.807, 2.05) is 0 Å². The summed E-state index contributed by atoms with van der Waals surface area (Å²) in [5.41, 5.74) is 0.250. The second kappa shape index (κ2) is 5.74. The van der Waals surface area contributed by atoms with Crippen LogP contribution >= 0.6 is 0 Å². The Morgan fingerprint density at radius 2 is 2.06 bits per heavy atom. The fourth-order valence-corrected chi connectivity index (χ4v) is 2.47. The average molecular weight is 257 g/mol. The summed E-state index contributed by atoms with van der Waals surface area (Å²) in [6.07, 6.45) is -0.0758. The van der Waals surface area contributed by atoms with Gasteiger partial charge in [0.2, 0.25) is 0 Å². The molecule has 0 aromatic heterocycles. The normalized spacial score (nSPS) is 21.6. The lowest BCUT2D eigenvalue weighted by molar-refractivity contribution is -0.137. The third kappa shape index (κ3) is 3.73. The van der Waals surface area contributed by atoms with E-state index < -0.39 is 11.7 Å². The van der Waals surface area contributed by atoms with E-state index in [-0.39, 0.29) is 0 Å². The second-order valence-electron chi connectivity index (χ2n) is 4.97. The lowest BCUT2D eigenvalue weighted by Gasteiger charge is -2.15. The van der Waals surface area contributed by atoms with Gasteiger partial charge >= 0.3 is 6.18 Å². The summed E-state index contributed by atoms with van der Waals surface area (Å²) in [4.78, 5) is 0. The number of hydrogen-bond donors (Lipinski definition) is 1. The van der Waals surface area contributed by atoms with Crippen LogP contribution in [0.5, 0.6) is 0 Å². The Hall–Kier alpha value is -1.03. The molecule has 0 saturated carbocycles. The van der Waals surface area contributed by atoms with Crippen molar-refractivity contribution < 1.29 is 13.2 Å². The molecule has 1 atom stereocenters. The monoisotopic (exact) mass is 257 g/mol. The number of halogens is 3. The summed E-state index contributed by atoms with van der Waals surface area (Å²) in [5, 5.41) is 3.34. The maximum atomic E-state index is 12.6. The third-order valence-electron chi connectivity index (χ3n) is 3.43.